The Labute approximate surface area is 80.9 Å². The maximum absolute atomic E-state index is 11.7. The van der Waals surface area contributed by atoms with E-state index in [1.165, 1.54) is 18.5 Å². The normalized spacial score (nSPS) is 10.2. The Morgan fingerprint density at radius 2 is 2.23 bits per heavy atom. The lowest BCUT2D eigenvalue weighted by atomic mass is 10.5. The van der Waals surface area contributed by atoms with Gasteiger partial charge in [0, 0.05) is 10.7 Å². The Balaban J connectivity index is 2.69. The summed E-state index contributed by atoms with van der Waals surface area (Å²) in [6.45, 7) is 0. The van der Waals surface area contributed by atoms with Crippen molar-refractivity contribution in [1.29, 1.82) is 0 Å². The maximum Gasteiger partial charge on any atom is 0.379 e. The third kappa shape index (κ3) is 3.06. The summed E-state index contributed by atoms with van der Waals surface area (Å²) in [7, 11) is 0. The molecule has 6 heteroatoms. The van der Waals surface area contributed by atoms with Gasteiger partial charge in [-0.3, -0.25) is 4.98 Å². The standard InChI is InChI=1S/C7H4BrF2NO2/c8-4-1-5(3-11-2-4)13-7(12)6(9)10/h1-3,6H. The SMILES string of the molecule is O=C(Oc1cncc(Br)c1)C(F)F. The first kappa shape index (κ1) is 10.0. The van der Waals surface area contributed by atoms with Crippen molar-refractivity contribution < 1.29 is 18.3 Å². The third-order valence-electron chi connectivity index (χ3n) is 1.08. The zero-order valence-corrected chi connectivity index (χ0v) is 7.79. The van der Waals surface area contributed by atoms with E-state index in [2.05, 4.69) is 25.7 Å². The fourth-order valence-corrected chi connectivity index (χ4v) is 0.953. The molecule has 0 aliphatic carbocycles. The van der Waals surface area contributed by atoms with Gasteiger partial charge in [-0.25, -0.2) is 4.79 Å². The lowest BCUT2D eigenvalue weighted by Gasteiger charge is -2.02. The summed E-state index contributed by atoms with van der Waals surface area (Å²) >= 11 is 3.05. The average Bonchev–Trinajstić information content (AvgIpc) is 2.04. The van der Waals surface area contributed by atoms with Crippen LogP contribution in [0.15, 0.2) is 22.9 Å². The predicted octanol–water partition coefficient (Wildman–Crippen LogP) is 2.01. The summed E-state index contributed by atoms with van der Waals surface area (Å²) in [5.74, 6) is -1.60. The first-order valence-electron chi connectivity index (χ1n) is 3.20. The molecule has 1 rings (SSSR count). The van der Waals surface area contributed by atoms with Crippen molar-refractivity contribution in [3.63, 3.8) is 0 Å². The highest BCUT2D eigenvalue weighted by molar-refractivity contribution is 9.10. The minimum absolute atomic E-state index is 0.0142. The van der Waals surface area contributed by atoms with E-state index in [9.17, 15) is 13.6 Å². The molecular formula is C7H4BrF2NO2. The Bertz CT molecular complexity index is 319. The zero-order valence-electron chi connectivity index (χ0n) is 6.21. The molecule has 0 aliphatic rings. The molecule has 0 aliphatic heterocycles. The van der Waals surface area contributed by atoms with Crippen molar-refractivity contribution in [2.45, 2.75) is 6.43 Å². The van der Waals surface area contributed by atoms with Gasteiger partial charge in [-0.2, -0.15) is 8.78 Å². The summed E-state index contributed by atoms with van der Waals surface area (Å²) in [6.07, 6.45) is -0.510. The fraction of sp³-hybridized carbons (Fsp3) is 0.143. The minimum Gasteiger partial charge on any atom is -0.421 e. The Morgan fingerprint density at radius 3 is 2.77 bits per heavy atom. The molecule has 0 radical (unpaired) electrons. The number of carbonyl (C=O) groups excluding carboxylic acids is 1. The maximum atomic E-state index is 11.7. The van der Waals surface area contributed by atoms with Crippen LogP contribution < -0.4 is 4.74 Å². The van der Waals surface area contributed by atoms with Crippen LogP contribution in [0.1, 0.15) is 0 Å². The molecule has 0 saturated carbocycles. The van der Waals surface area contributed by atoms with E-state index in [-0.39, 0.29) is 5.75 Å². The number of esters is 1. The van der Waals surface area contributed by atoms with Crippen molar-refractivity contribution in [2.24, 2.45) is 0 Å². The average molecular weight is 252 g/mol. The summed E-state index contributed by atoms with van der Waals surface area (Å²) in [5, 5.41) is 0. The quantitative estimate of drug-likeness (QED) is 0.756. The molecule has 1 aromatic heterocycles. The van der Waals surface area contributed by atoms with Gasteiger partial charge in [-0.05, 0) is 22.0 Å². The van der Waals surface area contributed by atoms with Crippen LogP contribution in [0.5, 0.6) is 5.75 Å². The van der Waals surface area contributed by atoms with Gasteiger partial charge in [0.15, 0.2) is 0 Å². The van der Waals surface area contributed by atoms with Crippen LogP contribution in [-0.4, -0.2) is 17.4 Å². The van der Waals surface area contributed by atoms with Gasteiger partial charge in [0.2, 0.25) is 0 Å². The van der Waals surface area contributed by atoms with Gasteiger partial charge in [0.25, 0.3) is 0 Å². The first-order chi connectivity index (χ1) is 6.09. The molecule has 0 N–H and O–H groups in total. The predicted molar refractivity (Wildman–Crippen MR) is 43.6 cm³/mol. The number of nitrogens with zero attached hydrogens (tertiary/aromatic N) is 1. The molecule has 0 atom stereocenters. The second-order valence-corrected chi connectivity index (χ2v) is 2.98. The van der Waals surface area contributed by atoms with Crippen molar-refractivity contribution in [3.8, 4) is 5.75 Å². The monoisotopic (exact) mass is 251 g/mol. The highest BCUT2D eigenvalue weighted by Crippen LogP contribution is 2.16. The molecule has 0 unspecified atom stereocenters. The number of hydrogen-bond donors (Lipinski definition) is 0. The van der Waals surface area contributed by atoms with Crippen LogP contribution in [0.25, 0.3) is 0 Å². The molecule has 0 saturated heterocycles. The second-order valence-electron chi connectivity index (χ2n) is 2.06. The largest absolute Gasteiger partial charge is 0.421 e. The Kier molecular flexibility index (Phi) is 3.30. The summed E-state index contributed by atoms with van der Waals surface area (Å²) < 4.78 is 28.2. The van der Waals surface area contributed by atoms with Crippen LogP contribution in [0.4, 0.5) is 8.78 Å². The zero-order chi connectivity index (χ0) is 9.84. The number of rotatable bonds is 2. The van der Waals surface area contributed by atoms with Crippen molar-refractivity contribution in [1.82, 2.24) is 4.98 Å². The molecule has 0 fully saturated rings. The Hall–Kier alpha value is -1.04. The van der Waals surface area contributed by atoms with Gasteiger partial charge < -0.3 is 4.74 Å². The van der Waals surface area contributed by atoms with Crippen LogP contribution >= 0.6 is 15.9 Å². The van der Waals surface area contributed by atoms with Gasteiger partial charge in [-0.15, -0.1) is 0 Å². The lowest BCUT2D eigenvalue weighted by Crippen LogP contribution is -2.17. The van der Waals surface area contributed by atoms with E-state index in [0.29, 0.717) is 4.47 Å². The first-order valence-corrected chi connectivity index (χ1v) is 3.99. The van der Waals surface area contributed by atoms with E-state index in [0.717, 1.165) is 0 Å². The summed E-state index contributed by atoms with van der Waals surface area (Å²) in [6, 6.07) is 1.37. The Morgan fingerprint density at radius 1 is 1.54 bits per heavy atom. The smallest absolute Gasteiger partial charge is 0.379 e. The molecule has 0 aromatic carbocycles. The number of ether oxygens (including phenoxy) is 1. The second kappa shape index (κ2) is 4.27. The van der Waals surface area contributed by atoms with Crippen LogP contribution in [0, 0.1) is 0 Å². The number of aromatic nitrogens is 1. The van der Waals surface area contributed by atoms with Crippen LogP contribution in [-0.2, 0) is 4.79 Å². The van der Waals surface area contributed by atoms with Crippen molar-refractivity contribution in [2.75, 3.05) is 0 Å². The molecule has 3 nitrogen and oxygen atoms in total. The highest BCUT2D eigenvalue weighted by atomic mass is 79.9. The van der Waals surface area contributed by atoms with Crippen molar-refractivity contribution in [3.05, 3.63) is 22.9 Å². The fourth-order valence-electron chi connectivity index (χ4n) is 0.609. The van der Waals surface area contributed by atoms with Gasteiger partial charge in [0.05, 0.1) is 6.20 Å². The number of alkyl halides is 2. The number of halogens is 3. The molecule has 13 heavy (non-hydrogen) atoms. The topological polar surface area (TPSA) is 39.2 Å². The molecular weight excluding hydrogens is 248 g/mol. The van der Waals surface area contributed by atoms with Gasteiger partial charge in [0.1, 0.15) is 5.75 Å². The molecule has 0 amide bonds. The van der Waals surface area contributed by atoms with E-state index < -0.39 is 12.4 Å². The number of hydrogen-bond acceptors (Lipinski definition) is 3. The minimum atomic E-state index is -3.13. The van der Waals surface area contributed by atoms with Crippen LogP contribution in [0.3, 0.4) is 0 Å². The highest BCUT2D eigenvalue weighted by Gasteiger charge is 2.17. The molecule has 0 bridgehead atoms. The summed E-state index contributed by atoms with van der Waals surface area (Å²) in [5.41, 5.74) is 0. The molecule has 0 spiro atoms. The van der Waals surface area contributed by atoms with E-state index in [1.54, 1.807) is 0 Å². The third-order valence-corrected chi connectivity index (χ3v) is 1.51. The molecule has 1 heterocycles. The van der Waals surface area contributed by atoms with E-state index in [4.69, 9.17) is 0 Å². The van der Waals surface area contributed by atoms with Crippen molar-refractivity contribution >= 4 is 21.9 Å². The van der Waals surface area contributed by atoms with E-state index in [1.807, 2.05) is 0 Å². The van der Waals surface area contributed by atoms with Gasteiger partial charge in [-0.1, -0.05) is 0 Å². The van der Waals surface area contributed by atoms with Crippen LogP contribution in [0.2, 0.25) is 0 Å². The number of carbonyl (C=O) groups is 1. The molecule has 1 aromatic rings. The molecule has 70 valence electrons. The van der Waals surface area contributed by atoms with Gasteiger partial charge >= 0.3 is 12.4 Å². The lowest BCUT2D eigenvalue weighted by molar-refractivity contribution is -0.146. The number of pyridine rings is 1. The summed E-state index contributed by atoms with van der Waals surface area (Å²) in [4.78, 5) is 14.0. The van der Waals surface area contributed by atoms with E-state index >= 15 is 0 Å².